The quantitative estimate of drug-likeness (QED) is 0.548. The van der Waals surface area contributed by atoms with Gasteiger partial charge in [-0.1, -0.05) is 0 Å². The zero-order valence-electron chi connectivity index (χ0n) is 5.94. The molecule has 0 spiro atoms. The van der Waals surface area contributed by atoms with Crippen molar-refractivity contribution in [1.29, 1.82) is 5.26 Å². The number of nitrogens with zero attached hydrogens (tertiary/aromatic N) is 1. The second kappa shape index (κ2) is 2.69. The fraction of sp³-hybridized carbons (Fsp3) is 0.143. The van der Waals surface area contributed by atoms with Gasteiger partial charge >= 0.3 is 0 Å². The summed E-state index contributed by atoms with van der Waals surface area (Å²) in [5.41, 5.74) is -3.44. The third kappa shape index (κ3) is 1.22. The predicted molar refractivity (Wildman–Crippen MR) is 32.9 cm³/mol. The second-order valence-corrected chi connectivity index (χ2v) is 2.27. The van der Waals surface area contributed by atoms with Crippen LogP contribution in [0.15, 0.2) is 23.6 Å². The molecule has 2 nitrogen and oxygen atoms in total. The van der Waals surface area contributed by atoms with Gasteiger partial charge in [-0.15, -0.1) is 0 Å². The molecule has 1 aliphatic carbocycles. The lowest BCUT2D eigenvalue weighted by atomic mass is 9.96. The molecule has 0 heterocycles. The van der Waals surface area contributed by atoms with Crippen molar-refractivity contribution >= 4 is 5.78 Å². The maximum atomic E-state index is 12.9. The van der Waals surface area contributed by atoms with Crippen molar-refractivity contribution < 1.29 is 22.4 Å². The van der Waals surface area contributed by atoms with Crippen LogP contribution in [0.2, 0.25) is 0 Å². The number of carbonyl (C=O) groups is 1. The van der Waals surface area contributed by atoms with Gasteiger partial charge in [0.25, 0.3) is 5.67 Å². The Morgan fingerprint density at radius 3 is 2.31 bits per heavy atom. The van der Waals surface area contributed by atoms with E-state index in [9.17, 15) is 22.4 Å². The molecule has 0 bridgehead atoms. The molecule has 0 aliphatic heterocycles. The van der Waals surface area contributed by atoms with Gasteiger partial charge in [-0.3, -0.25) is 4.79 Å². The largest absolute Gasteiger partial charge is 0.286 e. The summed E-state index contributed by atoms with van der Waals surface area (Å²) in [6.45, 7) is 0. The number of Topliss-reactive ketones (excluding diaryl/α,β-unsaturated/α-hetero) is 1. The van der Waals surface area contributed by atoms with Crippen LogP contribution in [0.25, 0.3) is 0 Å². The number of ketones is 1. The molecule has 1 unspecified atom stereocenters. The summed E-state index contributed by atoms with van der Waals surface area (Å²) in [6.07, 6.45) is -0.201. The molecule has 0 N–H and O–H groups in total. The minimum Gasteiger partial charge on any atom is -0.286 e. The van der Waals surface area contributed by atoms with Gasteiger partial charge < -0.3 is 0 Å². The average molecular weight is 191 g/mol. The van der Waals surface area contributed by atoms with Crippen molar-refractivity contribution in [3.8, 4) is 6.07 Å². The highest BCUT2D eigenvalue weighted by Crippen LogP contribution is 2.33. The number of carbonyl (C=O) groups excluding carboxylic acids is 1. The van der Waals surface area contributed by atoms with E-state index >= 15 is 0 Å². The van der Waals surface area contributed by atoms with E-state index in [1.807, 2.05) is 0 Å². The van der Waals surface area contributed by atoms with Gasteiger partial charge in [0.15, 0.2) is 11.7 Å². The Balaban J connectivity index is 3.33. The van der Waals surface area contributed by atoms with Crippen molar-refractivity contribution in [2.24, 2.45) is 0 Å². The fourth-order valence-electron chi connectivity index (χ4n) is 0.751. The molecular weight excluding hydrogens is 190 g/mol. The van der Waals surface area contributed by atoms with Crippen LogP contribution in [0.5, 0.6) is 0 Å². The molecule has 1 aliphatic rings. The lowest BCUT2D eigenvalue weighted by molar-refractivity contribution is -0.123. The Bertz CT molecular complexity index is 378. The van der Waals surface area contributed by atoms with Crippen molar-refractivity contribution in [2.45, 2.75) is 5.67 Å². The van der Waals surface area contributed by atoms with E-state index in [4.69, 9.17) is 5.26 Å². The van der Waals surface area contributed by atoms with Crippen LogP contribution in [0.3, 0.4) is 0 Å². The van der Waals surface area contributed by atoms with Crippen LogP contribution in [-0.2, 0) is 4.79 Å². The lowest BCUT2D eigenvalue weighted by Gasteiger charge is -2.14. The molecule has 68 valence electrons. The normalized spacial score (nSPS) is 28.5. The van der Waals surface area contributed by atoms with Gasteiger partial charge in [0.1, 0.15) is 6.07 Å². The first kappa shape index (κ1) is 9.45. The molecule has 0 fully saturated rings. The van der Waals surface area contributed by atoms with Gasteiger partial charge in [-0.25, -0.2) is 13.2 Å². The first-order chi connectivity index (χ1) is 5.92. The summed E-state index contributed by atoms with van der Waals surface area (Å²) >= 11 is 0. The van der Waals surface area contributed by atoms with E-state index in [0.29, 0.717) is 0 Å². The molecule has 0 saturated heterocycles. The molecule has 0 aromatic carbocycles. The van der Waals surface area contributed by atoms with Gasteiger partial charge in [-0.2, -0.15) is 9.65 Å². The van der Waals surface area contributed by atoms with Gasteiger partial charge in [0.05, 0.1) is 0 Å². The monoisotopic (exact) mass is 191 g/mol. The average Bonchev–Trinajstić information content (AvgIpc) is 2.12. The van der Waals surface area contributed by atoms with Gasteiger partial charge in [0, 0.05) is 6.08 Å². The van der Waals surface area contributed by atoms with E-state index in [1.54, 1.807) is 0 Å². The zero-order chi connectivity index (χ0) is 10.2. The number of halogens is 4. The van der Waals surface area contributed by atoms with Crippen molar-refractivity contribution in [2.75, 3.05) is 0 Å². The Kier molecular flexibility index (Phi) is 1.96. The molecule has 0 saturated carbocycles. The molecule has 1 rings (SSSR count). The van der Waals surface area contributed by atoms with Crippen molar-refractivity contribution in [1.82, 2.24) is 0 Å². The van der Waals surface area contributed by atoms with Crippen molar-refractivity contribution in [3.05, 3.63) is 23.6 Å². The van der Waals surface area contributed by atoms with Crippen LogP contribution in [0, 0.1) is 11.3 Å². The molecule has 0 radical (unpaired) electrons. The van der Waals surface area contributed by atoms with Gasteiger partial charge in [-0.05, 0) is 0 Å². The first-order valence-corrected chi connectivity index (χ1v) is 3.01. The van der Waals surface area contributed by atoms with E-state index in [2.05, 4.69) is 0 Å². The number of rotatable bonds is 0. The van der Waals surface area contributed by atoms with Crippen LogP contribution < -0.4 is 0 Å². The second-order valence-electron chi connectivity index (χ2n) is 2.27. The van der Waals surface area contributed by atoms with E-state index in [0.717, 1.165) is 6.07 Å². The number of allylic oxidation sites excluding steroid dienone is 4. The third-order valence-corrected chi connectivity index (χ3v) is 1.42. The molecule has 0 aromatic rings. The topological polar surface area (TPSA) is 40.9 Å². The minimum atomic E-state index is -3.44. The Morgan fingerprint density at radius 2 is 1.85 bits per heavy atom. The van der Waals surface area contributed by atoms with E-state index < -0.39 is 28.9 Å². The van der Waals surface area contributed by atoms with Crippen LogP contribution >= 0.6 is 0 Å². The summed E-state index contributed by atoms with van der Waals surface area (Å²) in [4.78, 5) is 10.6. The summed E-state index contributed by atoms with van der Waals surface area (Å²) in [6, 6.07) is 0.738. The first-order valence-electron chi connectivity index (χ1n) is 3.01. The molecular formula is C7HF4NO. The van der Waals surface area contributed by atoms with Crippen LogP contribution in [0.4, 0.5) is 17.6 Å². The van der Waals surface area contributed by atoms with Crippen molar-refractivity contribution in [3.63, 3.8) is 0 Å². The summed E-state index contributed by atoms with van der Waals surface area (Å²) < 4.78 is 49.9. The molecule has 1 atom stereocenters. The molecule has 13 heavy (non-hydrogen) atoms. The number of hydrogen-bond donors (Lipinski definition) is 0. The zero-order valence-corrected chi connectivity index (χ0v) is 5.94. The molecule has 0 amide bonds. The highest BCUT2D eigenvalue weighted by molar-refractivity contribution is 6.05. The highest BCUT2D eigenvalue weighted by Gasteiger charge is 2.45. The number of alkyl halides is 1. The maximum absolute atomic E-state index is 12.9. The summed E-state index contributed by atoms with van der Waals surface area (Å²) in [5.74, 6) is -8.19. The standard InChI is InChI=1S/C7HF4NO/c8-3-1-7(11,2-12)6(13)5(10)4(3)9/h1H. The molecule has 0 aromatic heterocycles. The summed E-state index contributed by atoms with van der Waals surface area (Å²) in [5, 5.41) is 8.07. The fourth-order valence-corrected chi connectivity index (χ4v) is 0.751. The smallest absolute Gasteiger partial charge is 0.281 e. The minimum absolute atomic E-state index is 0.201. The Hall–Kier alpha value is -1.64. The SMILES string of the molecule is N#CC1(F)C=C(F)C(F)=C(F)C1=O. The third-order valence-electron chi connectivity index (χ3n) is 1.42. The number of nitriles is 1. The van der Waals surface area contributed by atoms with E-state index in [1.165, 1.54) is 0 Å². The van der Waals surface area contributed by atoms with Crippen LogP contribution in [0.1, 0.15) is 0 Å². The maximum Gasteiger partial charge on any atom is 0.281 e. The molecule has 6 heteroatoms. The van der Waals surface area contributed by atoms with Gasteiger partial charge in [0.2, 0.25) is 11.6 Å². The highest BCUT2D eigenvalue weighted by atomic mass is 19.2. The van der Waals surface area contributed by atoms with E-state index in [-0.39, 0.29) is 6.08 Å². The Morgan fingerprint density at radius 1 is 1.31 bits per heavy atom. The van der Waals surface area contributed by atoms with Crippen LogP contribution in [-0.4, -0.2) is 11.5 Å². The number of hydrogen-bond acceptors (Lipinski definition) is 2. The lowest BCUT2D eigenvalue weighted by Crippen LogP contribution is -2.33. The predicted octanol–water partition coefficient (Wildman–Crippen LogP) is 1.80. The summed E-state index contributed by atoms with van der Waals surface area (Å²) in [7, 11) is 0. The Labute approximate surface area is 69.8 Å².